The van der Waals surface area contributed by atoms with E-state index in [9.17, 15) is 0 Å². The van der Waals surface area contributed by atoms with Gasteiger partial charge < -0.3 is 5.73 Å². The van der Waals surface area contributed by atoms with Crippen LogP contribution in [0.5, 0.6) is 0 Å². The highest BCUT2D eigenvalue weighted by Crippen LogP contribution is 2.24. The van der Waals surface area contributed by atoms with Gasteiger partial charge in [-0.15, -0.1) is 0 Å². The van der Waals surface area contributed by atoms with Crippen LogP contribution in [0.15, 0.2) is 48.7 Å². The van der Waals surface area contributed by atoms with Gasteiger partial charge >= 0.3 is 0 Å². The SMILES string of the molecule is Nc1nccc(-c2nc3ccc2CCc2ccc(cc2)CC3)n1. The summed E-state index contributed by atoms with van der Waals surface area (Å²) in [7, 11) is 0. The lowest BCUT2D eigenvalue weighted by Crippen LogP contribution is -2.05. The van der Waals surface area contributed by atoms with E-state index in [1.807, 2.05) is 6.07 Å². The predicted molar refractivity (Wildman–Crippen MR) is 90.9 cm³/mol. The maximum absolute atomic E-state index is 5.75. The summed E-state index contributed by atoms with van der Waals surface area (Å²) in [5, 5.41) is 0. The van der Waals surface area contributed by atoms with Crippen LogP contribution < -0.4 is 5.73 Å². The minimum atomic E-state index is 0.289. The van der Waals surface area contributed by atoms with E-state index in [-0.39, 0.29) is 5.95 Å². The molecular weight excluding hydrogens is 284 g/mol. The molecule has 0 spiro atoms. The first-order valence-corrected chi connectivity index (χ1v) is 7.93. The first kappa shape index (κ1) is 13.9. The average Bonchev–Trinajstić information content (AvgIpc) is 2.57. The van der Waals surface area contributed by atoms with E-state index in [1.54, 1.807) is 6.20 Å². The van der Waals surface area contributed by atoms with Crippen LogP contribution in [0.25, 0.3) is 11.4 Å². The minimum Gasteiger partial charge on any atom is -0.368 e. The first-order valence-electron chi connectivity index (χ1n) is 7.93. The Morgan fingerprint density at radius 1 is 0.739 bits per heavy atom. The summed E-state index contributed by atoms with van der Waals surface area (Å²) in [6.07, 6.45) is 5.54. The van der Waals surface area contributed by atoms with Crippen molar-refractivity contribution in [3.63, 3.8) is 0 Å². The third kappa shape index (κ3) is 2.93. The van der Waals surface area contributed by atoms with Crippen LogP contribution in [-0.2, 0) is 25.7 Å². The summed E-state index contributed by atoms with van der Waals surface area (Å²) < 4.78 is 0. The lowest BCUT2D eigenvalue weighted by molar-refractivity contribution is 0.882. The van der Waals surface area contributed by atoms with Gasteiger partial charge in [0.05, 0.1) is 11.4 Å². The molecule has 1 aromatic carbocycles. The largest absolute Gasteiger partial charge is 0.368 e. The number of nitrogens with two attached hydrogens (primary N) is 1. The second kappa shape index (κ2) is 5.80. The Hall–Kier alpha value is -2.75. The van der Waals surface area contributed by atoms with Crippen molar-refractivity contribution < 1.29 is 0 Å². The highest BCUT2D eigenvalue weighted by atomic mass is 15.0. The van der Waals surface area contributed by atoms with Gasteiger partial charge in [-0.1, -0.05) is 30.3 Å². The summed E-state index contributed by atoms with van der Waals surface area (Å²) in [6, 6.07) is 15.1. The molecular formula is C19H18N4. The highest BCUT2D eigenvalue weighted by Gasteiger charge is 2.12. The Bertz CT molecular complexity index is 840. The summed E-state index contributed by atoms with van der Waals surface area (Å²) in [4.78, 5) is 13.2. The number of hydrogen-bond acceptors (Lipinski definition) is 4. The molecule has 4 nitrogen and oxygen atoms in total. The van der Waals surface area contributed by atoms with E-state index in [2.05, 4.69) is 46.4 Å². The number of nitrogens with zero attached hydrogens (tertiary/aromatic N) is 3. The van der Waals surface area contributed by atoms with Crippen molar-refractivity contribution in [3.8, 4) is 11.4 Å². The van der Waals surface area contributed by atoms with Crippen LogP contribution in [0.4, 0.5) is 5.95 Å². The van der Waals surface area contributed by atoms with Crippen LogP contribution in [-0.4, -0.2) is 15.0 Å². The zero-order valence-corrected chi connectivity index (χ0v) is 12.9. The third-order valence-electron chi connectivity index (χ3n) is 4.33. The quantitative estimate of drug-likeness (QED) is 0.750. The van der Waals surface area contributed by atoms with Gasteiger partial charge in [-0.2, -0.15) is 0 Å². The van der Waals surface area contributed by atoms with Gasteiger partial charge in [0.15, 0.2) is 0 Å². The number of rotatable bonds is 1. The Kier molecular flexibility index (Phi) is 3.50. The topological polar surface area (TPSA) is 64.7 Å². The maximum Gasteiger partial charge on any atom is 0.220 e. The molecule has 2 aromatic heterocycles. The van der Waals surface area contributed by atoms with E-state index >= 15 is 0 Å². The molecule has 4 aliphatic rings. The molecule has 2 aliphatic heterocycles. The Balaban J connectivity index is 1.79. The minimum absolute atomic E-state index is 0.289. The Labute approximate surface area is 135 Å². The lowest BCUT2D eigenvalue weighted by atomic mass is 9.97. The number of benzene rings is 1. The fraction of sp³-hybridized carbons (Fsp3) is 0.211. The molecule has 23 heavy (non-hydrogen) atoms. The molecule has 4 bridgehead atoms. The third-order valence-corrected chi connectivity index (χ3v) is 4.33. The number of nitrogen functional groups attached to an aromatic ring is 1. The van der Waals surface area contributed by atoms with Crippen LogP contribution in [0, 0.1) is 0 Å². The number of aromatic nitrogens is 3. The normalized spacial score (nSPS) is 13.6. The average molecular weight is 302 g/mol. The van der Waals surface area contributed by atoms with Crippen molar-refractivity contribution >= 4 is 5.95 Å². The van der Waals surface area contributed by atoms with Gasteiger partial charge in [0.1, 0.15) is 0 Å². The smallest absolute Gasteiger partial charge is 0.220 e. The second-order valence-electron chi connectivity index (χ2n) is 5.93. The van der Waals surface area contributed by atoms with E-state index in [1.165, 1.54) is 16.7 Å². The van der Waals surface area contributed by atoms with Gasteiger partial charge in [-0.25, -0.2) is 9.97 Å². The van der Waals surface area contributed by atoms with Gasteiger partial charge in [-0.05, 0) is 54.5 Å². The van der Waals surface area contributed by atoms with Crippen LogP contribution >= 0.6 is 0 Å². The van der Waals surface area contributed by atoms with Gasteiger partial charge in [0.2, 0.25) is 5.95 Å². The standard InChI is InChI=1S/C19H18N4/c20-19-21-12-11-17(23-19)18-15-7-5-13-1-3-14(4-2-13)6-9-16(22-18)10-8-15/h1-4,8,10-12H,5-7,9H2,(H2,20,21,23). The molecule has 0 atom stereocenters. The monoisotopic (exact) mass is 302 g/mol. The number of anilines is 1. The molecule has 4 heterocycles. The van der Waals surface area contributed by atoms with Crippen molar-refractivity contribution in [2.24, 2.45) is 0 Å². The van der Waals surface area contributed by atoms with Crippen molar-refractivity contribution in [3.05, 3.63) is 71.0 Å². The zero-order chi connectivity index (χ0) is 15.6. The molecule has 4 heteroatoms. The van der Waals surface area contributed by atoms with Crippen molar-refractivity contribution in [1.29, 1.82) is 0 Å². The first-order chi connectivity index (χ1) is 11.3. The summed E-state index contributed by atoms with van der Waals surface area (Å²) in [6.45, 7) is 0. The molecule has 114 valence electrons. The lowest BCUT2D eigenvalue weighted by Gasteiger charge is -2.13. The molecule has 0 saturated carbocycles. The summed E-state index contributed by atoms with van der Waals surface area (Å²) >= 11 is 0. The van der Waals surface area contributed by atoms with E-state index in [0.29, 0.717) is 0 Å². The van der Waals surface area contributed by atoms with Gasteiger partial charge in [-0.3, -0.25) is 4.98 Å². The number of pyridine rings is 1. The van der Waals surface area contributed by atoms with Gasteiger partial charge in [0.25, 0.3) is 0 Å². The molecule has 0 radical (unpaired) electrons. The molecule has 0 amide bonds. The highest BCUT2D eigenvalue weighted by molar-refractivity contribution is 5.60. The summed E-state index contributed by atoms with van der Waals surface area (Å²) in [5.74, 6) is 0.289. The fourth-order valence-corrected chi connectivity index (χ4v) is 3.02. The maximum atomic E-state index is 5.75. The molecule has 2 aliphatic carbocycles. The van der Waals surface area contributed by atoms with Gasteiger partial charge in [0, 0.05) is 11.9 Å². The molecule has 3 aromatic rings. The molecule has 0 saturated heterocycles. The van der Waals surface area contributed by atoms with E-state index < -0.39 is 0 Å². The Morgan fingerprint density at radius 2 is 1.48 bits per heavy atom. The Morgan fingerprint density at radius 3 is 2.22 bits per heavy atom. The fourth-order valence-electron chi connectivity index (χ4n) is 3.02. The van der Waals surface area contributed by atoms with Crippen LogP contribution in [0.1, 0.15) is 22.4 Å². The molecule has 7 rings (SSSR count). The summed E-state index contributed by atoms with van der Waals surface area (Å²) in [5.41, 5.74) is 12.5. The van der Waals surface area contributed by atoms with Crippen LogP contribution in [0.3, 0.4) is 0 Å². The van der Waals surface area contributed by atoms with Crippen molar-refractivity contribution in [2.75, 3.05) is 5.73 Å². The number of hydrogen-bond donors (Lipinski definition) is 1. The molecule has 2 N–H and O–H groups in total. The van der Waals surface area contributed by atoms with E-state index in [4.69, 9.17) is 10.7 Å². The number of aryl methyl sites for hydroxylation is 4. The second-order valence-corrected chi connectivity index (χ2v) is 5.93. The zero-order valence-electron chi connectivity index (χ0n) is 12.9. The predicted octanol–water partition coefficient (Wildman–Crippen LogP) is 3.00. The van der Waals surface area contributed by atoms with Crippen molar-refractivity contribution in [2.45, 2.75) is 25.7 Å². The molecule has 0 fully saturated rings. The van der Waals surface area contributed by atoms with E-state index in [0.717, 1.165) is 42.8 Å². The van der Waals surface area contributed by atoms with Crippen LogP contribution in [0.2, 0.25) is 0 Å². The van der Waals surface area contributed by atoms with Crippen molar-refractivity contribution in [1.82, 2.24) is 15.0 Å². The molecule has 0 unspecified atom stereocenters.